The molecule has 3 N–H and O–H groups in total. The third kappa shape index (κ3) is 4.05. The van der Waals surface area contributed by atoms with Gasteiger partial charge in [-0.25, -0.2) is 0 Å². The Kier molecular flexibility index (Phi) is 5.42. The second kappa shape index (κ2) is 7.85. The average Bonchev–Trinajstić information content (AvgIpc) is 3.00. The van der Waals surface area contributed by atoms with Crippen LogP contribution in [0.3, 0.4) is 0 Å². The first-order valence-electron chi connectivity index (χ1n) is 10.2. The van der Waals surface area contributed by atoms with E-state index in [0.717, 1.165) is 43.6 Å². The van der Waals surface area contributed by atoms with Gasteiger partial charge >= 0.3 is 0 Å². The van der Waals surface area contributed by atoms with E-state index in [1.165, 1.54) is 0 Å². The number of nitrogens with zero attached hydrogens (tertiary/aromatic N) is 2. The third-order valence-corrected chi connectivity index (χ3v) is 6.29. The summed E-state index contributed by atoms with van der Waals surface area (Å²) in [7, 11) is 1.85. The van der Waals surface area contributed by atoms with Crippen LogP contribution in [0.1, 0.15) is 47.2 Å². The van der Waals surface area contributed by atoms with E-state index in [4.69, 9.17) is 0 Å². The molecular weight excluding hydrogens is 372 g/mol. The van der Waals surface area contributed by atoms with E-state index in [1.807, 2.05) is 25.2 Å². The summed E-state index contributed by atoms with van der Waals surface area (Å²) >= 11 is 0. The van der Waals surface area contributed by atoms with Gasteiger partial charge in [-0.15, -0.1) is 0 Å². The van der Waals surface area contributed by atoms with Crippen LogP contribution in [0.4, 0.5) is 0 Å². The standard InChI is InChI=1S/C21H28N4O4/c1-22-13-21(29)6-8-24(9-7-21)11-14-2-3-15-12-25(20(28)16(15)10-14)17-4-5-18(26)23-19(17)27/h2-3,10,17,22,29H,4-9,11-13H2,1H3,(H,23,26,27). The van der Waals surface area contributed by atoms with Crippen molar-refractivity contribution in [1.82, 2.24) is 20.4 Å². The molecule has 8 nitrogen and oxygen atoms in total. The predicted octanol–water partition coefficient (Wildman–Crippen LogP) is -0.00610. The number of likely N-dealkylation sites (N-methyl/N-ethyl adjacent to an activating group) is 1. The topological polar surface area (TPSA) is 102 Å². The van der Waals surface area contributed by atoms with Crippen molar-refractivity contribution in [2.75, 3.05) is 26.7 Å². The van der Waals surface area contributed by atoms with E-state index in [9.17, 15) is 19.5 Å². The Balaban J connectivity index is 1.41. The number of fused-ring (bicyclic) bond motifs is 1. The van der Waals surface area contributed by atoms with Crippen LogP contribution in [-0.4, -0.2) is 71.0 Å². The number of nitrogens with one attached hydrogen (secondary N) is 2. The predicted molar refractivity (Wildman–Crippen MR) is 106 cm³/mol. The number of rotatable bonds is 5. The van der Waals surface area contributed by atoms with Gasteiger partial charge < -0.3 is 15.3 Å². The Morgan fingerprint density at radius 1 is 1.24 bits per heavy atom. The molecule has 2 saturated heterocycles. The first-order valence-corrected chi connectivity index (χ1v) is 10.2. The first kappa shape index (κ1) is 20.0. The molecule has 2 fully saturated rings. The lowest BCUT2D eigenvalue weighted by atomic mass is 9.91. The van der Waals surface area contributed by atoms with E-state index < -0.39 is 11.6 Å². The summed E-state index contributed by atoms with van der Waals surface area (Å²) in [5, 5.41) is 15.9. The van der Waals surface area contributed by atoms with Crippen molar-refractivity contribution in [3.8, 4) is 0 Å². The summed E-state index contributed by atoms with van der Waals surface area (Å²) in [6.45, 7) is 3.36. The number of imide groups is 1. The highest BCUT2D eigenvalue weighted by Crippen LogP contribution is 2.29. The molecule has 156 valence electrons. The molecule has 29 heavy (non-hydrogen) atoms. The fourth-order valence-corrected chi connectivity index (χ4v) is 4.59. The van der Waals surface area contributed by atoms with Gasteiger partial charge in [0.1, 0.15) is 6.04 Å². The van der Waals surface area contributed by atoms with E-state index >= 15 is 0 Å². The normalized spacial score (nSPS) is 24.6. The lowest BCUT2D eigenvalue weighted by Crippen LogP contribution is -2.52. The highest BCUT2D eigenvalue weighted by atomic mass is 16.3. The van der Waals surface area contributed by atoms with Crippen LogP contribution in [-0.2, 0) is 22.7 Å². The van der Waals surface area contributed by atoms with Gasteiger partial charge in [-0.05, 0) is 43.5 Å². The summed E-state index contributed by atoms with van der Waals surface area (Å²) in [4.78, 5) is 40.3. The number of aliphatic hydroxyl groups is 1. The average molecular weight is 400 g/mol. The zero-order valence-electron chi connectivity index (χ0n) is 16.7. The number of amides is 3. The molecule has 1 atom stereocenters. The van der Waals surface area contributed by atoms with Gasteiger partial charge in [-0.3, -0.25) is 24.6 Å². The molecule has 1 aromatic carbocycles. The summed E-state index contributed by atoms with van der Waals surface area (Å²) in [6, 6.07) is 5.35. The van der Waals surface area contributed by atoms with Crippen molar-refractivity contribution in [3.05, 3.63) is 34.9 Å². The van der Waals surface area contributed by atoms with Crippen LogP contribution in [0.5, 0.6) is 0 Å². The van der Waals surface area contributed by atoms with Crippen LogP contribution < -0.4 is 10.6 Å². The van der Waals surface area contributed by atoms with Crippen molar-refractivity contribution in [3.63, 3.8) is 0 Å². The molecule has 0 aromatic heterocycles. The zero-order chi connectivity index (χ0) is 20.6. The number of piperidine rings is 2. The monoisotopic (exact) mass is 400 g/mol. The Bertz CT molecular complexity index is 832. The van der Waals surface area contributed by atoms with Gasteiger partial charge in [-0.2, -0.15) is 0 Å². The highest BCUT2D eigenvalue weighted by molar-refractivity contribution is 6.05. The lowest BCUT2D eigenvalue weighted by Gasteiger charge is -2.38. The Hall–Kier alpha value is -2.29. The molecule has 0 saturated carbocycles. The highest BCUT2D eigenvalue weighted by Gasteiger charge is 2.39. The van der Waals surface area contributed by atoms with Gasteiger partial charge in [0.25, 0.3) is 5.91 Å². The van der Waals surface area contributed by atoms with Crippen LogP contribution in [0.15, 0.2) is 18.2 Å². The van der Waals surface area contributed by atoms with Crippen LogP contribution >= 0.6 is 0 Å². The van der Waals surface area contributed by atoms with Crippen LogP contribution in [0.2, 0.25) is 0 Å². The fraction of sp³-hybridized carbons (Fsp3) is 0.571. The van der Waals surface area contributed by atoms with Crippen molar-refractivity contribution < 1.29 is 19.5 Å². The molecule has 0 aliphatic carbocycles. The van der Waals surface area contributed by atoms with Crippen molar-refractivity contribution in [1.29, 1.82) is 0 Å². The third-order valence-electron chi connectivity index (χ3n) is 6.29. The minimum Gasteiger partial charge on any atom is -0.388 e. The molecule has 3 heterocycles. The molecular formula is C21H28N4O4. The molecule has 3 aliphatic rings. The van der Waals surface area contributed by atoms with Gasteiger partial charge in [-0.1, -0.05) is 12.1 Å². The molecule has 3 amide bonds. The minimum absolute atomic E-state index is 0.140. The van der Waals surface area contributed by atoms with Crippen molar-refractivity contribution in [2.24, 2.45) is 0 Å². The SMILES string of the molecule is CNCC1(O)CCN(Cc2ccc3c(c2)C(=O)N(C2CCC(=O)NC2=O)C3)CC1. The fourth-order valence-electron chi connectivity index (χ4n) is 4.59. The Morgan fingerprint density at radius 2 is 2.00 bits per heavy atom. The van der Waals surface area contributed by atoms with Gasteiger partial charge in [0.2, 0.25) is 11.8 Å². The summed E-state index contributed by atoms with van der Waals surface area (Å²) < 4.78 is 0. The minimum atomic E-state index is -0.637. The van der Waals surface area contributed by atoms with Crippen molar-refractivity contribution >= 4 is 17.7 Å². The summed E-state index contributed by atoms with van der Waals surface area (Å²) in [5.41, 5.74) is 1.99. The van der Waals surface area contributed by atoms with E-state index in [2.05, 4.69) is 15.5 Å². The van der Waals surface area contributed by atoms with E-state index in [1.54, 1.807) is 4.90 Å². The zero-order valence-corrected chi connectivity index (χ0v) is 16.7. The molecule has 8 heteroatoms. The van der Waals surface area contributed by atoms with Gasteiger partial charge in [0.15, 0.2) is 0 Å². The Labute approximate surface area is 170 Å². The van der Waals surface area contributed by atoms with Crippen LogP contribution in [0.25, 0.3) is 0 Å². The van der Waals surface area contributed by atoms with Crippen molar-refractivity contribution in [2.45, 2.75) is 50.4 Å². The van der Waals surface area contributed by atoms with Crippen LogP contribution in [0, 0.1) is 0 Å². The molecule has 1 aromatic rings. The maximum absolute atomic E-state index is 12.9. The van der Waals surface area contributed by atoms with Gasteiger partial charge in [0, 0.05) is 44.7 Å². The smallest absolute Gasteiger partial charge is 0.255 e. The largest absolute Gasteiger partial charge is 0.388 e. The maximum atomic E-state index is 12.9. The molecule has 1 unspecified atom stereocenters. The molecule has 0 bridgehead atoms. The summed E-state index contributed by atoms with van der Waals surface area (Å²) in [5.74, 6) is -0.802. The number of hydrogen-bond acceptors (Lipinski definition) is 6. The first-order chi connectivity index (χ1) is 13.9. The van der Waals surface area contributed by atoms with E-state index in [-0.39, 0.29) is 24.1 Å². The quantitative estimate of drug-likeness (QED) is 0.601. The molecule has 4 rings (SSSR count). The Morgan fingerprint density at radius 3 is 2.69 bits per heavy atom. The second-order valence-corrected chi connectivity index (χ2v) is 8.42. The summed E-state index contributed by atoms with van der Waals surface area (Å²) in [6.07, 6.45) is 2.08. The molecule has 0 spiro atoms. The van der Waals surface area contributed by atoms with Gasteiger partial charge in [0.05, 0.1) is 5.60 Å². The number of likely N-dealkylation sites (tertiary alicyclic amines) is 1. The van der Waals surface area contributed by atoms with E-state index in [0.29, 0.717) is 25.1 Å². The second-order valence-electron chi connectivity index (χ2n) is 8.42. The lowest BCUT2D eigenvalue weighted by molar-refractivity contribution is -0.136. The number of benzene rings is 1. The number of carbonyl (C=O) groups excluding carboxylic acids is 3. The molecule has 0 radical (unpaired) electrons. The number of hydrogen-bond donors (Lipinski definition) is 3. The maximum Gasteiger partial charge on any atom is 0.255 e. The molecule has 3 aliphatic heterocycles. The number of carbonyl (C=O) groups is 3.